The highest BCUT2D eigenvalue weighted by Crippen LogP contribution is 2.54. The molecule has 0 spiro atoms. The fourth-order valence-electron chi connectivity index (χ4n) is 5.55. The summed E-state index contributed by atoms with van der Waals surface area (Å²) in [5.41, 5.74) is -3.40. The predicted molar refractivity (Wildman–Crippen MR) is 114 cm³/mol. The second-order valence-corrected chi connectivity index (χ2v) is 8.95. The highest BCUT2D eigenvalue weighted by molar-refractivity contribution is 6.25. The van der Waals surface area contributed by atoms with Crippen molar-refractivity contribution in [1.82, 2.24) is 4.90 Å². The molecule has 0 aromatic heterocycles. The maximum absolute atomic E-state index is 13.7. The fraction of sp³-hybridized carbons (Fsp3) is 0.435. The zero-order valence-corrected chi connectivity index (χ0v) is 18.5. The summed E-state index contributed by atoms with van der Waals surface area (Å²) >= 11 is 0. The van der Waals surface area contributed by atoms with Crippen molar-refractivity contribution in [2.45, 2.75) is 31.4 Å². The largest absolute Gasteiger partial charge is 0.508 e. The van der Waals surface area contributed by atoms with Crippen LogP contribution in [0.5, 0.6) is 17.2 Å². The van der Waals surface area contributed by atoms with Gasteiger partial charge in [0.2, 0.25) is 5.78 Å². The predicted octanol–water partition coefficient (Wildman–Crippen LogP) is 0.782. The number of aromatic hydroxyl groups is 2. The zero-order chi connectivity index (χ0) is 24.6. The average molecular weight is 459 g/mol. The lowest BCUT2D eigenvalue weighted by Gasteiger charge is -2.50. The van der Waals surface area contributed by atoms with Crippen molar-refractivity contribution in [3.8, 4) is 17.2 Å². The number of carbonyl (C=O) groups is 3. The van der Waals surface area contributed by atoms with E-state index >= 15 is 0 Å². The number of ether oxygens (including phenoxy) is 1. The highest BCUT2D eigenvalue weighted by Gasteiger charge is 2.64. The molecule has 1 saturated carbocycles. The molecule has 0 unspecified atom stereocenters. The summed E-state index contributed by atoms with van der Waals surface area (Å²) < 4.78 is 5.28. The first kappa shape index (κ1) is 22.8. The average Bonchev–Trinajstić information content (AvgIpc) is 2.72. The topological polar surface area (TPSA) is 165 Å². The molecule has 10 nitrogen and oxygen atoms in total. The molecule has 0 aliphatic heterocycles. The first-order valence-electron chi connectivity index (χ1n) is 10.4. The molecule has 0 amide bonds. The molecule has 176 valence electrons. The van der Waals surface area contributed by atoms with E-state index in [-0.39, 0.29) is 29.7 Å². The minimum atomic E-state index is -2.63. The van der Waals surface area contributed by atoms with Crippen molar-refractivity contribution in [2.75, 3.05) is 21.2 Å². The minimum absolute atomic E-state index is 0.00962. The number of benzene rings is 1. The maximum Gasteiger partial charge on any atom is 0.202 e. The van der Waals surface area contributed by atoms with Gasteiger partial charge in [0.1, 0.15) is 22.8 Å². The standard InChI is InChI=1S/C23H25NO9/c1-8(25)14-20(29)17(24(2)3)11-6-9-5-10-13(33-4)7-12(26)18(27)16(10)19(28)15(9)22(31)23(11,32)21(14)30/h7,9,11,17,26-28,30,32H,5-6H2,1-4H3/t9-,11-,17-,23+/m0/s1. The van der Waals surface area contributed by atoms with Crippen LogP contribution in [0.2, 0.25) is 0 Å². The first-order valence-corrected chi connectivity index (χ1v) is 10.4. The summed E-state index contributed by atoms with van der Waals surface area (Å²) in [6, 6.07) is 0.113. The van der Waals surface area contributed by atoms with Crippen LogP contribution in [0.15, 0.2) is 23.0 Å². The molecule has 5 N–H and O–H groups in total. The van der Waals surface area contributed by atoms with Crippen molar-refractivity contribution in [1.29, 1.82) is 0 Å². The number of carbonyl (C=O) groups excluding carboxylic acids is 3. The second kappa shape index (κ2) is 7.32. The molecule has 4 rings (SSSR count). The Labute approximate surface area is 189 Å². The lowest BCUT2D eigenvalue weighted by Crippen LogP contribution is -2.65. The van der Waals surface area contributed by atoms with Gasteiger partial charge in [0.05, 0.1) is 18.7 Å². The summed E-state index contributed by atoms with van der Waals surface area (Å²) in [6.07, 6.45) is 0.109. The molecule has 10 heteroatoms. The number of ketones is 3. The highest BCUT2D eigenvalue weighted by atomic mass is 16.5. The number of Topliss-reactive ketones (excluding diaryl/α,β-unsaturated/α-hetero) is 3. The van der Waals surface area contributed by atoms with Gasteiger partial charge in [-0.15, -0.1) is 0 Å². The van der Waals surface area contributed by atoms with Gasteiger partial charge in [-0.25, -0.2) is 0 Å². The molecule has 4 atom stereocenters. The van der Waals surface area contributed by atoms with Crippen molar-refractivity contribution >= 4 is 23.1 Å². The number of hydrogen-bond donors (Lipinski definition) is 5. The zero-order valence-electron chi connectivity index (χ0n) is 18.5. The molecule has 0 heterocycles. The quantitative estimate of drug-likeness (QED) is 0.322. The lowest BCUT2D eigenvalue weighted by atomic mass is 9.57. The molecule has 33 heavy (non-hydrogen) atoms. The van der Waals surface area contributed by atoms with Gasteiger partial charge in [0.15, 0.2) is 28.7 Å². The van der Waals surface area contributed by atoms with E-state index in [1.165, 1.54) is 18.1 Å². The third-order valence-electron chi connectivity index (χ3n) is 6.99. The molecule has 1 aromatic rings. The van der Waals surface area contributed by atoms with E-state index in [0.717, 1.165) is 6.92 Å². The number of phenols is 2. The molecule has 0 radical (unpaired) electrons. The van der Waals surface area contributed by atoms with Crippen LogP contribution in [-0.2, 0) is 20.8 Å². The van der Waals surface area contributed by atoms with Gasteiger partial charge < -0.3 is 30.3 Å². The summed E-state index contributed by atoms with van der Waals surface area (Å²) in [6.45, 7) is 1.05. The fourth-order valence-corrected chi connectivity index (χ4v) is 5.55. The smallest absolute Gasteiger partial charge is 0.202 e. The summed E-state index contributed by atoms with van der Waals surface area (Å²) in [7, 11) is 4.48. The molecule has 3 aliphatic carbocycles. The van der Waals surface area contributed by atoms with E-state index in [1.807, 2.05) is 0 Å². The lowest BCUT2D eigenvalue weighted by molar-refractivity contribution is -0.153. The number of methoxy groups -OCH3 is 1. The van der Waals surface area contributed by atoms with Crippen LogP contribution in [0.1, 0.15) is 24.5 Å². The Balaban J connectivity index is 2.00. The van der Waals surface area contributed by atoms with Crippen LogP contribution in [0, 0.1) is 11.8 Å². The molecule has 1 fully saturated rings. The summed E-state index contributed by atoms with van der Waals surface area (Å²) in [5, 5.41) is 53.8. The Morgan fingerprint density at radius 2 is 1.82 bits per heavy atom. The number of hydrogen-bond acceptors (Lipinski definition) is 10. The van der Waals surface area contributed by atoms with E-state index in [1.54, 1.807) is 14.1 Å². The second-order valence-electron chi connectivity index (χ2n) is 8.95. The van der Waals surface area contributed by atoms with Crippen LogP contribution in [-0.4, -0.2) is 80.6 Å². The Bertz CT molecular complexity index is 1180. The molecular weight excluding hydrogens is 434 g/mol. The van der Waals surface area contributed by atoms with Crippen molar-refractivity contribution in [3.63, 3.8) is 0 Å². The monoisotopic (exact) mass is 459 g/mol. The molecule has 3 aliphatic rings. The van der Waals surface area contributed by atoms with Gasteiger partial charge >= 0.3 is 0 Å². The SMILES string of the molecule is COc1cc(O)c(O)c2c1C[C@H]1C[C@H]3[C@H](N(C)C)C(=O)C(C(C)=O)=C(O)[C@@]3(O)C(=O)C1=C2O. The van der Waals surface area contributed by atoms with Crippen molar-refractivity contribution < 1.29 is 44.7 Å². The number of aliphatic hydroxyl groups is 3. The van der Waals surface area contributed by atoms with Gasteiger partial charge in [0, 0.05) is 23.1 Å². The van der Waals surface area contributed by atoms with Gasteiger partial charge in [-0.3, -0.25) is 19.3 Å². The maximum atomic E-state index is 13.7. The van der Waals surface area contributed by atoms with Gasteiger partial charge in [-0.2, -0.15) is 0 Å². The Morgan fingerprint density at radius 1 is 1.18 bits per heavy atom. The van der Waals surface area contributed by atoms with E-state index in [4.69, 9.17) is 4.74 Å². The third-order valence-corrected chi connectivity index (χ3v) is 6.99. The van der Waals surface area contributed by atoms with E-state index in [0.29, 0.717) is 5.56 Å². The van der Waals surface area contributed by atoms with Gasteiger partial charge in [0.25, 0.3) is 0 Å². The van der Waals surface area contributed by atoms with Crippen molar-refractivity contribution in [2.24, 2.45) is 11.8 Å². The molecular formula is C23H25NO9. The Morgan fingerprint density at radius 3 is 2.36 bits per heavy atom. The number of aliphatic hydroxyl groups excluding tert-OH is 2. The molecule has 0 bridgehead atoms. The third kappa shape index (κ3) is 2.83. The molecule has 0 saturated heterocycles. The van der Waals surface area contributed by atoms with Crippen LogP contribution in [0.3, 0.4) is 0 Å². The minimum Gasteiger partial charge on any atom is -0.508 e. The van der Waals surface area contributed by atoms with E-state index in [9.17, 15) is 39.9 Å². The summed E-state index contributed by atoms with van der Waals surface area (Å²) in [5.74, 6) is -7.10. The van der Waals surface area contributed by atoms with Crippen LogP contribution in [0.4, 0.5) is 0 Å². The van der Waals surface area contributed by atoms with Gasteiger partial charge in [-0.1, -0.05) is 0 Å². The normalized spacial score (nSPS) is 29.1. The van der Waals surface area contributed by atoms with Crippen molar-refractivity contribution in [3.05, 3.63) is 34.1 Å². The number of nitrogens with zero attached hydrogens (tertiary/aromatic N) is 1. The molecule has 1 aromatic carbocycles. The Hall–Kier alpha value is -3.37. The first-order chi connectivity index (χ1) is 15.4. The van der Waals surface area contributed by atoms with Crippen LogP contribution < -0.4 is 4.74 Å². The van der Waals surface area contributed by atoms with E-state index in [2.05, 4.69) is 0 Å². The van der Waals surface area contributed by atoms with Gasteiger partial charge in [-0.05, 0) is 39.8 Å². The van der Waals surface area contributed by atoms with Crippen LogP contribution in [0.25, 0.3) is 5.76 Å². The summed E-state index contributed by atoms with van der Waals surface area (Å²) in [4.78, 5) is 40.4. The number of fused-ring (bicyclic) bond motifs is 3. The Kier molecular flexibility index (Phi) is 5.06. The number of likely N-dealkylation sites (N-methyl/N-ethyl adjacent to an activating group) is 1. The van der Waals surface area contributed by atoms with Crippen LogP contribution >= 0.6 is 0 Å². The van der Waals surface area contributed by atoms with E-state index < -0.39 is 69.4 Å². The number of phenolic OH excluding ortho intramolecular Hbond substituents is 2. The number of rotatable bonds is 3.